The molecule has 1 aliphatic carbocycles. The molecule has 1 saturated carbocycles. The maximum atomic E-state index is 5.96. The van der Waals surface area contributed by atoms with Gasteiger partial charge in [0.05, 0.1) is 4.34 Å². The van der Waals surface area contributed by atoms with Crippen molar-refractivity contribution in [2.45, 2.75) is 45.1 Å². The van der Waals surface area contributed by atoms with Gasteiger partial charge < -0.3 is 5.32 Å². The summed E-state index contributed by atoms with van der Waals surface area (Å²) in [5.74, 6) is 0.854. The van der Waals surface area contributed by atoms with E-state index in [9.17, 15) is 0 Å². The minimum absolute atomic E-state index is 0.749. The number of hydrogen-bond acceptors (Lipinski definition) is 2. The van der Waals surface area contributed by atoms with Crippen LogP contribution in [0.15, 0.2) is 12.1 Å². The Kier molecular flexibility index (Phi) is 4.68. The first-order chi connectivity index (χ1) is 7.78. The van der Waals surface area contributed by atoms with Gasteiger partial charge in [-0.1, -0.05) is 24.9 Å². The van der Waals surface area contributed by atoms with Gasteiger partial charge in [0.1, 0.15) is 0 Å². The molecule has 2 unspecified atom stereocenters. The third-order valence-electron chi connectivity index (χ3n) is 3.39. The molecule has 3 heteroatoms. The van der Waals surface area contributed by atoms with E-state index in [1.54, 1.807) is 11.3 Å². The van der Waals surface area contributed by atoms with Crippen LogP contribution in [0.4, 0.5) is 0 Å². The molecule has 1 nitrogen and oxygen atoms in total. The lowest BCUT2D eigenvalue weighted by Crippen LogP contribution is -2.34. The summed E-state index contributed by atoms with van der Waals surface area (Å²) in [4.78, 5) is 1.45. The fourth-order valence-corrected chi connectivity index (χ4v) is 3.90. The van der Waals surface area contributed by atoms with Crippen LogP contribution in [-0.4, -0.2) is 12.6 Å². The predicted molar refractivity (Wildman–Crippen MR) is 72.5 cm³/mol. The molecule has 0 saturated heterocycles. The Bertz CT molecular complexity index is 321. The maximum absolute atomic E-state index is 5.96. The minimum atomic E-state index is 0.749. The topological polar surface area (TPSA) is 12.0 Å². The zero-order valence-corrected chi connectivity index (χ0v) is 11.4. The first-order valence-corrected chi connectivity index (χ1v) is 7.45. The summed E-state index contributed by atoms with van der Waals surface area (Å²) in [5.41, 5.74) is 0. The van der Waals surface area contributed by atoms with Gasteiger partial charge in [-0.2, -0.15) is 0 Å². The second kappa shape index (κ2) is 6.04. The number of nitrogens with one attached hydrogen (secondary N) is 1. The number of rotatable bonds is 4. The summed E-state index contributed by atoms with van der Waals surface area (Å²) in [6.45, 7) is 3.30. The quantitative estimate of drug-likeness (QED) is 0.856. The highest BCUT2D eigenvalue weighted by atomic mass is 35.5. The second-order valence-electron chi connectivity index (χ2n) is 4.70. The number of hydrogen-bond donors (Lipinski definition) is 1. The van der Waals surface area contributed by atoms with E-state index in [1.165, 1.54) is 37.0 Å². The van der Waals surface area contributed by atoms with Gasteiger partial charge in [-0.05, 0) is 50.3 Å². The molecule has 0 bridgehead atoms. The molecule has 1 heterocycles. The molecule has 0 amide bonds. The molecule has 1 aromatic heterocycles. The Morgan fingerprint density at radius 2 is 2.31 bits per heavy atom. The van der Waals surface area contributed by atoms with Crippen molar-refractivity contribution in [2.24, 2.45) is 5.92 Å². The number of halogens is 1. The fraction of sp³-hybridized carbons (Fsp3) is 0.692. The average Bonchev–Trinajstić information content (AvgIpc) is 2.65. The van der Waals surface area contributed by atoms with Crippen LogP contribution in [0.3, 0.4) is 0 Å². The molecule has 2 rings (SSSR count). The van der Waals surface area contributed by atoms with Crippen molar-refractivity contribution in [3.8, 4) is 0 Å². The van der Waals surface area contributed by atoms with Crippen LogP contribution < -0.4 is 5.32 Å². The van der Waals surface area contributed by atoms with Crippen LogP contribution in [0.5, 0.6) is 0 Å². The summed E-state index contributed by atoms with van der Waals surface area (Å²) < 4.78 is 0.925. The van der Waals surface area contributed by atoms with E-state index in [2.05, 4.69) is 18.3 Å². The SMILES string of the molecule is CCNC1CCCC(Cc2ccc(Cl)s2)C1. The first-order valence-electron chi connectivity index (χ1n) is 6.25. The van der Waals surface area contributed by atoms with E-state index in [4.69, 9.17) is 11.6 Å². The molecule has 0 aliphatic heterocycles. The van der Waals surface area contributed by atoms with Crippen LogP contribution >= 0.6 is 22.9 Å². The summed E-state index contributed by atoms with van der Waals surface area (Å²) in [7, 11) is 0. The Hall–Kier alpha value is -0.0500. The lowest BCUT2D eigenvalue weighted by molar-refractivity contribution is 0.288. The zero-order valence-electron chi connectivity index (χ0n) is 9.84. The van der Waals surface area contributed by atoms with Gasteiger partial charge in [0.15, 0.2) is 0 Å². The van der Waals surface area contributed by atoms with Gasteiger partial charge in [0, 0.05) is 10.9 Å². The normalized spacial score (nSPS) is 25.9. The highest BCUT2D eigenvalue weighted by molar-refractivity contribution is 7.16. The van der Waals surface area contributed by atoms with Crippen molar-refractivity contribution in [2.75, 3.05) is 6.54 Å². The molecular weight excluding hydrogens is 238 g/mol. The molecule has 90 valence electrons. The summed E-state index contributed by atoms with van der Waals surface area (Å²) >= 11 is 7.70. The molecule has 1 N–H and O–H groups in total. The van der Waals surface area contributed by atoms with Crippen molar-refractivity contribution in [1.29, 1.82) is 0 Å². The highest BCUT2D eigenvalue weighted by Gasteiger charge is 2.21. The molecular formula is C13H20ClNS. The van der Waals surface area contributed by atoms with E-state index >= 15 is 0 Å². The lowest BCUT2D eigenvalue weighted by atomic mass is 9.83. The predicted octanol–water partition coefficient (Wildman–Crippen LogP) is 4.11. The summed E-state index contributed by atoms with van der Waals surface area (Å²) in [6.07, 6.45) is 6.68. The molecule has 1 fully saturated rings. The Morgan fingerprint density at radius 1 is 1.44 bits per heavy atom. The lowest BCUT2D eigenvalue weighted by Gasteiger charge is -2.29. The van der Waals surface area contributed by atoms with E-state index in [0.29, 0.717) is 0 Å². The molecule has 0 spiro atoms. The monoisotopic (exact) mass is 257 g/mol. The third kappa shape index (κ3) is 3.47. The van der Waals surface area contributed by atoms with Crippen LogP contribution in [-0.2, 0) is 6.42 Å². The molecule has 0 aromatic carbocycles. The van der Waals surface area contributed by atoms with Gasteiger partial charge in [0.2, 0.25) is 0 Å². The molecule has 2 atom stereocenters. The Labute approximate surface area is 107 Å². The van der Waals surface area contributed by atoms with E-state index in [1.807, 2.05) is 6.07 Å². The number of thiophene rings is 1. The van der Waals surface area contributed by atoms with Gasteiger partial charge >= 0.3 is 0 Å². The second-order valence-corrected chi connectivity index (χ2v) is 6.50. The van der Waals surface area contributed by atoms with Crippen LogP contribution in [0.2, 0.25) is 4.34 Å². The average molecular weight is 258 g/mol. The van der Waals surface area contributed by atoms with Gasteiger partial charge in [0.25, 0.3) is 0 Å². The first kappa shape index (κ1) is 12.4. The van der Waals surface area contributed by atoms with Gasteiger partial charge in [-0.3, -0.25) is 0 Å². The van der Waals surface area contributed by atoms with Crippen LogP contribution in [0.25, 0.3) is 0 Å². The minimum Gasteiger partial charge on any atom is -0.314 e. The fourth-order valence-electron chi connectivity index (χ4n) is 2.70. The third-order valence-corrected chi connectivity index (χ3v) is 4.65. The van der Waals surface area contributed by atoms with Crippen molar-refractivity contribution < 1.29 is 0 Å². The standard InChI is InChI=1S/C13H20ClNS/c1-2-15-11-5-3-4-10(8-11)9-12-6-7-13(14)16-12/h6-7,10-11,15H,2-5,8-9H2,1H3. The van der Waals surface area contributed by atoms with Crippen molar-refractivity contribution in [3.05, 3.63) is 21.3 Å². The largest absolute Gasteiger partial charge is 0.314 e. The Morgan fingerprint density at radius 3 is 3.00 bits per heavy atom. The Balaban J connectivity index is 1.85. The van der Waals surface area contributed by atoms with Crippen molar-refractivity contribution >= 4 is 22.9 Å². The van der Waals surface area contributed by atoms with Gasteiger partial charge in [-0.15, -0.1) is 11.3 Å². The summed E-state index contributed by atoms with van der Waals surface area (Å²) in [6, 6.07) is 4.95. The molecule has 1 aromatic rings. The van der Waals surface area contributed by atoms with E-state index in [-0.39, 0.29) is 0 Å². The highest BCUT2D eigenvalue weighted by Crippen LogP contribution is 2.30. The zero-order chi connectivity index (χ0) is 11.4. The summed E-state index contributed by atoms with van der Waals surface area (Å²) in [5, 5.41) is 3.58. The van der Waals surface area contributed by atoms with E-state index in [0.717, 1.165) is 22.8 Å². The van der Waals surface area contributed by atoms with Crippen LogP contribution in [0, 0.1) is 5.92 Å². The van der Waals surface area contributed by atoms with Crippen molar-refractivity contribution in [1.82, 2.24) is 5.32 Å². The maximum Gasteiger partial charge on any atom is 0.0931 e. The molecule has 16 heavy (non-hydrogen) atoms. The molecule has 1 aliphatic rings. The molecule has 0 radical (unpaired) electrons. The van der Waals surface area contributed by atoms with Gasteiger partial charge in [-0.25, -0.2) is 0 Å². The smallest absolute Gasteiger partial charge is 0.0931 e. The van der Waals surface area contributed by atoms with Crippen LogP contribution in [0.1, 0.15) is 37.5 Å². The van der Waals surface area contributed by atoms with E-state index < -0.39 is 0 Å². The van der Waals surface area contributed by atoms with Crippen molar-refractivity contribution in [3.63, 3.8) is 0 Å².